The number of hydrogen-bond donors (Lipinski definition) is 1. The molecule has 1 saturated carbocycles. The van der Waals surface area contributed by atoms with Gasteiger partial charge in [-0.15, -0.1) is 0 Å². The third-order valence-corrected chi connectivity index (χ3v) is 4.23. The first kappa shape index (κ1) is 14.5. The van der Waals surface area contributed by atoms with Gasteiger partial charge in [0.15, 0.2) is 0 Å². The molecular formula is C17H28N2. The first-order chi connectivity index (χ1) is 9.19. The van der Waals surface area contributed by atoms with Crippen LogP contribution in [0, 0.1) is 6.92 Å². The molecule has 2 unspecified atom stereocenters. The molecule has 1 aromatic carbocycles. The first-order valence-corrected chi connectivity index (χ1v) is 7.68. The summed E-state index contributed by atoms with van der Waals surface area (Å²) in [6, 6.07) is 10.4. The molecule has 1 aliphatic carbocycles. The van der Waals surface area contributed by atoms with E-state index in [1.165, 1.54) is 43.4 Å². The quantitative estimate of drug-likeness (QED) is 0.844. The molecule has 0 bridgehead atoms. The molecule has 0 heterocycles. The van der Waals surface area contributed by atoms with Gasteiger partial charge < -0.3 is 5.32 Å². The van der Waals surface area contributed by atoms with E-state index in [1.54, 1.807) is 0 Å². The van der Waals surface area contributed by atoms with Crippen molar-refractivity contribution in [2.75, 3.05) is 13.6 Å². The number of nitrogens with zero attached hydrogens (tertiary/aromatic N) is 1. The summed E-state index contributed by atoms with van der Waals surface area (Å²) in [6.45, 7) is 6.65. The Morgan fingerprint density at radius 3 is 2.89 bits per heavy atom. The molecule has 2 nitrogen and oxygen atoms in total. The number of benzene rings is 1. The van der Waals surface area contributed by atoms with Gasteiger partial charge in [0, 0.05) is 18.6 Å². The van der Waals surface area contributed by atoms with Crippen molar-refractivity contribution in [3.8, 4) is 0 Å². The van der Waals surface area contributed by atoms with Crippen molar-refractivity contribution in [1.82, 2.24) is 10.2 Å². The summed E-state index contributed by atoms with van der Waals surface area (Å²) in [6.07, 6.45) is 5.22. The van der Waals surface area contributed by atoms with E-state index in [1.807, 2.05) is 0 Å². The zero-order valence-corrected chi connectivity index (χ0v) is 12.7. The fraction of sp³-hybridized carbons (Fsp3) is 0.647. The Balaban J connectivity index is 1.82. The maximum atomic E-state index is 3.66. The molecule has 1 aromatic rings. The van der Waals surface area contributed by atoms with Crippen LogP contribution in [0.2, 0.25) is 0 Å². The predicted molar refractivity (Wildman–Crippen MR) is 82.4 cm³/mol. The second-order valence-electron chi connectivity index (χ2n) is 6.02. The van der Waals surface area contributed by atoms with Crippen LogP contribution in [0.25, 0.3) is 0 Å². The maximum absolute atomic E-state index is 3.66. The van der Waals surface area contributed by atoms with Gasteiger partial charge in [0.05, 0.1) is 0 Å². The average Bonchev–Trinajstić information content (AvgIpc) is 2.85. The van der Waals surface area contributed by atoms with Crippen LogP contribution in [-0.4, -0.2) is 30.6 Å². The van der Waals surface area contributed by atoms with Crippen molar-refractivity contribution >= 4 is 0 Å². The normalized spacial score (nSPS) is 23.2. The highest BCUT2D eigenvalue weighted by atomic mass is 15.1. The second-order valence-corrected chi connectivity index (χ2v) is 6.02. The standard InChI is InChI=1S/C17H28N2/c1-4-10-18-16-8-9-17(12-16)19(3)13-15-7-5-6-14(2)11-15/h5-7,11,16-18H,4,8-10,12-13H2,1-3H3. The Bertz CT molecular complexity index is 389. The molecule has 1 N–H and O–H groups in total. The van der Waals surface area contributed by atoms with E-state index >= 15 is 0 Å². The molecule has 0 aliphatic heterocycles. The van der Waals surface area contributed by atoms with E-state index in [0.29, 0.717) is 0 Å². The van der Waals surface area contributed by atoms with Crippen LogP contribution in [0.3, 0.4) is 0 Å². The van der Waals surface area contributed by atoms with Gasteiger partial charge in [0.25, 0.3) is 0 Å². The predicted octanol–water partition coefficient (Wildman–Crippen LogP) is 3.35. The minimum Gasteiger partial charge on any atom is -0.314 e. The van der Waals surface area contributed by atoms with E-state index in [-0.39, 0.29) is 0 Å². The lowest BCUT2D eigenvalue weighted by Crippen LogP contribution is -2.32. The van der Waals surface area contributed by atoms with Gasteiger partial charge in [0.1, 0.15) is 0 Å². The van der Waals surface area contributed by atoms with E-state index in [4.69, 9.17) is 0 Å². The van der Waals surface area contributed by atoms with Crippen molar-refractivity contribution in [2.45, 2.75) is 58.2 Å². The highest BCUT2D eigenvalue weighted by Crippen LogP contribution is 2.24. The topological polar surface area (TPSA) is 15.3 Å². The molecule has 2 atom stereocenters. The molecule has 1 fully saturated rings. The fourth-order valence-corrected chi connectivity index (χ4v) is 3.12. The summed E-state index contributed by atoms with van der Waals surface area (Å²) in [4.78, 5) is 2.53. The lowest BCUT2D eigenvalue weighted by atomic mass is 10.1. The third kappa shape index (κ3) is 4.32. The molecule has 2 rings (SSSR count). The van der Waals surface area contributed by atoms with Gasteiger partial charge in [-0.25, -0.2) is 0 Å². The third-order valence-electron chi connectivity index (χ3n) is 4.23. The van der Waals surface area contributed by atoms with Gasteiger partial charge in [-0.2, -0.15) is 0 Å². The lowest BCUT2D eigenvalue weighted by Gasteiger charge is -2.24. The number of aryl methyl sites for hydroxylation is 1. The Hall–Kier alpha value is -0.860. The molecule has 0 amide bonds. The van der Waals surface area contributed by atoms with E-state index < -0.39 is 0 Å². The van der Waals surface area contributed by atoms with Gasteiger partial charge in [0.2, 0.25) is 0 Å². The molecule has 0 radical (unpaired) electrons. The van der Waals surface area contributed by atoms with Crippen molar-refractivity contribution in [3.05, 3.63) is 35.4 Å². The number of hydrogen-bond acceptors (Lipinski definition) is 2. The Labute approximate surface area is 118 Å². The zero-order chi connectivity index (χ0) is 13.7. The summed E-state index contributed by atoms with van der Waals surface area (Å²) in [7, 11) is 2.27. The van der Waals surface area contributed by atoms with Crippen LogP contribution < -0.4 is 5.32 Å². The number of rotatable bonds is 6. The smallest absolute Gasteiger partial charge is 0.0233 e. The van der Waals surface area contributed by atoms with Gasteiger partial charge in [-0.3, -0.25) is 4.90 Å². The van der Waals surface area contributed by atoms with E-state index in [2.05, 4.69) is 55.4 Å². The summed E-state index contributed by atoms with van der Waals surface area (Å²) >= 11 is 0. The van der Waals surface area contributed by atoms with Crippen molar-refractivity contribution in [2.24, 2.45) is 0 Å². The molecule has 19 heavy (non-hydrogen) atoms. The SMILES string of the molecule is CCCNC1CCC(N(C)Cc2cccc(C)c2)C1. The summed E-state index contributed by atoms with van der Waals surface area (Å²) < 4.78 is 0. The first-order valence-electron chi connectivity index (χ1n) is 7.68. The van der Waals surface area contributed by atoms with Crippen molar-refractivity contribution in [1.29, 1.82) is 0 Å². The minimum atomic E-state index is 0.741. The van der Waals surface area contributed by atoms with Crippen molar-refractivity contribution < 1.29 is 0 Å². The van der Waals surface area contributed by atoms with E-state index in [0.717, 1.165) is 18.6 Å². The summed E-state index contributed by atoms with van der Waals surface area (Å²) in [5, 5.41) is 3.66. The van der Waals surface area contributed by atoms with Crippen molar-refractivity contribution in [3.63, 3.8) is 0 Å². The van der Waals surface area contributed by atoms with Crippen LogP contribution >= 0.6 is 0 Å². The Kier molecular flexibility index (Phi) is 5.41. The Morgan fingerprint density at radius 2 is 2.16 bits per heavy atom. The second kappa shape index (κ2) is 7.06. The largest absolute Gasteiger partial charge is 0.314 e. The van der Waals surface area contributed by atoms with Crippen LogP contribution in [0.15, 0.2) is 24.3 Å². The average molecular weight is 260 g/mol. The summed E-state index contributed by atoms with van der Waals surface area (Å²) in [5.41, 5.74) is 2.80. The maximum Gasteiger partial charge on any atom is 0.0233 e. The van der Waals surface area contributed by atoms with Gasteiger partial charge >= 0.3 is 0 Å². The van der Waals surface area contributed by atoms with Crippen LogP contribution in [0.5, 0.6) is 0 Å². The lowest BCUT2D eigenvalue weighted by molar-refractivity contribution is 0.233. The molecule has 106 valence electrons. The Morgan fingerprint density at radius 1 is 1.32 bits per heavy atom. The molecule has 0 spiro atoms. The highest BCUT2D eigenvalue weighted by Gasteiger charge is 2.26. The van der Waals surface area contributed by atoms with Crippen LogP contribution in [0.4, 0.5) is 0 Å². The van der Waals surface area contributed by atoms with Crippen LogP contribution in [-0.2, 0) is 6.54 Å². The molecular weight excluding hydrogens is 232 g/mol. The van der Waals surface area contributed by atoms with Crippen LogP contribution in [0.1, 0.15) is 43.7 Å². The number of nitrogens with one attached hydrogen (secondary N) is 1. The zero-order valence-electron chi connectivity index (χ0n) is 12.7. The van der Waals surface area contributed by atoms with E-state index in [9.17, 15) is 0 Å². The van der Waals surface area contributed by atoms with Gasteiger partial charge in [-0.1, -0.05) is 36.8 Å². The summed E-state index contributed by atoms with van der Waals surface area (Å²) in [5.74, 6) is 0. The highest BCUT2D eigenvalue weighted by molar-refractivity contribution is 5.22. The molecule has 0 aromatic heterocycles. The monoisotopic (exact) mass is 260 g/mol. The minimum absolute atomic E-state index is 0.741. The molecule has 1 aliphatic rings. The fourth-order valence-electron chi connectivity index (χ4n) is 3.12. The molecule has 2 heteroatoms. The van der Waals surface area contributed by atoms with Gasteiger partial charge in [-0.05, 0) is 51.8 Å². The molecule has 0 saturated heterocycles.